The Morgan fingerprint density at radius 1 is 1.44 bits per heavy atom. The molecule has 1 aliphatic rings. The predicted molar refractivity (Wildman–Crippen MR) is 75.0 cm³/mol. The lowest BCUT2D eigenvalue weighted by Gasteiger charge is -2.42. The van der Waals surface area contributed by atoms with Gasteiger partial charge in [0, 0.05) is 19.1 Å². The van der Waals surface area contributed by atoms with Gasteiger partial charge in [0.25, 0.3) is 0 Å². The van der Waals surface area contributed by atoms with Crippen LogP contribution in [0.25, 0.3) is 0 Å². The first-order valence-electron chi connectivity index (χ1n) is 6.61. The molecule has 1 saturated heterocycles. The van der Waals surface area contributed by atoms with Crippen molar-refractivity contribution in [2.45, 2.75) is 46.1 Å². The second kappa shape index (κ2) is 6.87. The summed E-state index contributed by atoms with van der Waals surface area (Å²) >= 11 is 2.03. The first-order chi connectivity index (χ1) is 7.59. The van der Waals surface area contributed by atoms with Gasteiger partial charge in [-0.25, -0.2) is 0 Å². The maximum absolute atomic E-state index is 5.92. The minimum absolute atomic E-state index is 0.490. The second-order valence-corrected chi connectivity index (χ2v) is 7.01. The van der Waals surface area contributed by atoms with Gasteiger partial charge in [-0.05, 0) is 42.7 Å². The van der Waals surface area contributed by atoms with Gasteiger partial charge < -0.3 is 5.73 Å². The standard InChI is InChI=1S/C13H28N2S/c1-4-16-9-6-12(10-14)15-8-5-7-13(2,3)11-15/h12H,4-11,14H2,1-3H3. The number of likely N-dealkylation sites (tertiary alicyclic amines) is 1. The van der Waals surface area contributed by atoms with Crippen LogP contribution in [0.5, 0.6) is 0 Å². The number of hydrogen-bond acceptors (Lipinski definition) is 3. The summed E-state index contributed by atoms with van der Waals surface area (Å²) in [7, 11) is 0. The Hall–Kier alpha value is 0.270. The van der Waals surface area contributed by atoms with Gasteiger partial charge in [-0.3, -0.25) is 4.90 Å². The van der Waals surface area contributed by atoms with E-state index >= 15 is 0 Å². The van der Waals surface area contributed by atoms with E-state index in [4.69, 9.17) is 5.73 Å². The molecule has 2 N–H and O–H groups in total. The molecule has 1 unspecified atom stereocenters. The minimum Gasteiger partial charge on any atom is -0.329 e. The highest BCUT2D eigenvalue weighted by molar-refractivity contribution is 7.99. The van der Waals surface area contributed by atoms with Crippen molar-refractivity contribution in [3.8, 4) is 0 Å². The summed E-state index contributed by atoms with van der Waals surface area (Å²) in [6, 6.07) is 0.610. The Balaban J connectivity index is 2.39. The third kappa shape index (κ3) is 4.64. The molecular formula is C13H28N2S. The predicted octanol–water partition coefficient (Wildman–Crippen LogP) is 2.58. The zero-order chi connectivity index (χ0) is 12.0. The van der Waals surface area contributed by atoms with E-state index in [1.54, 1.807) is 0 Å². The van der Waals surface area contributed by atoms with E-state index in [9.17, 15) is 0 Å². The minimum atomic E-state index is 0.490. The molecule has 96 valence electrons. The maximum atomic E-state index is 5.92. The molecule has 1 aliphatic heterocycles. The van der Waals surface area contributed by atoms with Gasteiger partial charge in [0.05, 0.1) is 0 Å². The Labute approximate surface area is 105 Å². The van der Waals surface area contributed by atoms with Crippen LogP contribution < -0.4 is 5.73 Å². The quantitative estimate of drug-likeness (QED) is 0.728. The Bertz CT molecular complexity index is 194. The van der Waals surface area contributed by atoms with Crippen molar-refractivity contribution >= 4 is 11.8 Å². The van der Waals surface area contributed by atoms with Gasteiger partial charge in [0.15, 0.2) is 0 Å². The van der Waals surface area contributed by atoms with E-state index in [-0.39, 0.29) is 0 Å². The van der Waals surface area contributed by atoms with Crippen LogP contribution >= 0.6 is 11.8 Å². The fourth-order valence-electron chi connectivity index (χ4n) is 2.59. The Morgan fingerprint density at radius 2 is 2.19 bits per heavy atom. The topological polar surface area (TPSA) is 29.3 Å². The van der Waals surface area contributed by atoms with E-state index < -0.39 is 0 Å². The molecule has 3 heteroatoms. The molecule has 0 bridgehead atoms. The molecule has 1 fully saturated rings. The van der Waals surface area contributed by atoms with Gasteiger partial charge in [-0.15, -0.1) is 0 Å². The molecule has 0 saturated carbocycles. The maximum Gasteiger partial charge on any atom is 0.0226 e. The molecule has 0 aromatic rings. The SMILES string of the molecule is CCSCCC(CN)N1CCCC(C)(C)C1. The molecule has 2 nitrogen and oxygen atoms in total. The summed E-state index contributed by atoms with van der Waals surface area (Å²) in [6.07, 6.45) is 3.96. The summed E-state index contributed by atoms with van der Waals surface area (Å²) in [5.74, 6) is 2.48. The number of thioether (sulfide) groups is 1. The monoisotopic (exact) mass is 244 g/mol. The summed E-state index contributed by atoms with van der Waals surface area (Å²) in [6.45, 7) is 10.3. The zero-order valence-corrected chi connectivity index (χ0v) is 12.0. The molecule has 0 aromatic heterocycles. The number of nitrogens with zero attached hydrogens (tertiary/aromatic N) is 1. The van der Waals surface area contributed by atoms with Crippen LogP contribution in [0.1, 0.15) is 40.0 Å². The van der Waals surface area contributed by atoms with Crippen LogP contribution in [-0.4, -0.2) is 42.1 Å². The first kappa shape index (κ1) is 14.3. The molecule has 0 aliphatic carbocycles. The smallest absolute Gasteiger partial charge is 0.0226 e. The summed E-state index contributed by atoms with van der Waals surface area (Å²) in [5, 5.41) is 0. The molecule has 0 aromatic carbocycles. The third-order valence-corrected chi connectivity index (χ3v) is 4.45. The summed E-state index contributed by atoms with van der Waals surface area (Å²) < 4.78 is 0. The zero-order valence-electron chi connectivity index (χ0n) is 11.2. The highest BCUT2D eigenvalue weighted by Crippen LogP contribution is 2.30. The van der Waals surface area contributed by atoms with Crippen molar-refractivity contribution in [1.29, 1.82) is 0 Å². The molecule has 1 heterocycles. The average molecular weight is 244 g/mol. The van der Waals surface area contributed by atoms with Crippen LogP contribution in [0.15, 0.2) is 0 Å². The summed E-state index contributed by atoms with van der Waals surface area (Å²) in [5.41, 5.74) is 6.41. The lowest BCUT2D eigenvalue weighted by atomic mass is 9.83. The molecule has 1 rings (SSSR count). The second-order valence-electron chi connectivity index (χ2n) is 5.61. The first-order valence-corrected chi connectivity index (χ1v) is 7.76. The highest BCUT2D eigenvalue weighted by Gasteiger charge is 2.29. The lowest BCUT2D eigenvalue weighted by molar-refractivity contribution is 0.0797. The largest absolute Gasteiger partial charge is 0.329 e. The van der Waals surface area contributed by atoms with Crippen molar-refractivity contribution in [1.82, 2.24) is 4.90 Å². The average Bonchev–Trinajstić information content (AvgIpc) is 2.23. The third-order valence-electron chi connectivity index (χ3n) is 3.52. The van der Waals surface area contributed by atoms with Crippen molar-refractivity contribution in [3.05, 3.63) is 0 Å². The van der Waals surface area contributed by atoms with E-state index in [0.717, 1.165) is 6.54 Å². The van der Waals surface area contributed by atoms with Crippen molar-refractivity contribution in [3.63, 3.8) is 0 Å². The van der Waals surface area contributed by atoms with Crippen LogP contribution in [0.3, 0.4) is 0 Å². The van der Waals surface area contributed by atoms with Crippen molar-refractivity contribution in [2.24, 2.45) is 11.1 Å². The molecule has 16 heavy (non-hydrogen) atoms. The number of rotatable bonds is 6. The highest BCUT2D eigenvalue weighted by atomic mass is 32.2. The van der Waals surface area contributed by atoms with Crippen LogP contribution in [0, 0.1) is 5.41 Å². The lowest BCUT2D eigenvalue weighted by Crippen LogP contribution is -2.48. The number of nitrogens with two attached hydrogens (primary N) is 1. The van der Waals surface area contributed by atoms with E-state index in [1.807, 2.05) is 11.8 Å². The van der Waals surface area contributed by atoms with Gasteiger partial charge in [0.1, 0.15) is 0 Å². The molecule has 1 atom stereocenters. The number of hydrogen-bond donors (Lipinski definition) is 1. The fraction of sp³-hybridized carbons (Fsp3) is 1.00. The van der Waals surface area contributed by atoms with Gasteiger partial charge >= 0.3 is 0 Å². The molecule has 0 spiro atoms. The van der Waals surface area contributed by atoms with Crippen LogP contribution in [0.2, 0.25) is 0 Å². The van der Waals surface area contributed by atoms with E-state index in [2.05, 4.69) is 25.7 Å². The van der Waals surface area contributed by atoms with E-state index in [0.29, 0.717) is 11.5 Å². The fourth-order valence-corrected chi connectivity index (χ4v) is 3.32. The van der Waals surface area contributed by atoms with Crippen LogP contribution in [0.4, 0.5) is 0 Å². The van der Waals surface area contributed by atoms with Crippen molar-refractivity contribution < 1.29 is 0 Å². The van der Waals surface area contributed by atoms with Crippen molar-refractivity contribution in [2.75, 3.05) is 31.1 Å². The molecule has 0 radical (unpaired) electrons. The molecule has 0 amide bonds. The number of piperidine rings is 1. The van der Waals surface area contributed by atoms with Crippen LogP contribution in [-0.2, 0) is 0 Å². The normalized spacial score (nSPS) is 23.2. The Morgan fingerprint density at radius 3 is 2.75 bits per heavy atom. The van der Waals surface area contributed by atoms with Gasteiger partial charge in [0.2, 0.25) is 0 Å². The Kier molecular flexibility index (Phi) is 6.16. The van der Waals surface area contributed by atoms with Gasteiger partial charge in [-0.1, -0.05) is 20.8 Å². The van der Waals surface area contributed by atoms with Gasteiger partial charge in [-0.2, -0.15) is 11.8 Å². The summed E-state index contributed by atoms with van der Waals surface area (Å²) in [4.78, 5) is 2.62. The molecular weight excluding hydrogens is 216 g/mol. The van der Waals surface area contributed by atoms with E-state index in [1.165, 1.54) is 43.9 Å².